The van der Waals surface area contributed by atoms with Crippen molar-refractivity contribution < 1.29 is 28.6 Å². The van der Waals surface area contributed by atoms with Crippen molar-refractivity contribution in [1.29, 1.82) is 0 Å². The molecule has 468 valence electrons. The van der Waals surface area contributed by atoms with Gasteiger partial charge in [-0.2, -0.15) is 0 Å². The third kappa shape index (κ3) is 67.7. The van der Waals surface area contributed by atoms with Crippen molar-refractivity contribution >= 4 is 17.9 Å². The van der Waals surface area contributed by atoms with Crippen molar-refractivity contribution in [1.82, 2.24) is 0 Å². The number of ether oxygens (including phenoxy) is 3. The molecule has 0 radical (unpaired) electrons. The summed E-state index contributed by atoms with van der Waals surface area (Å²) in [6.45, 7) is 6.37. The van der Waals surface area contributed by atoms with Crippen LogP contribution in [-0.2, 0) is 28.6 Å². The largest absolute Gasteiger partial charge is 0.462 e. The lowest BCUT2D eigenvalue weighted by Gasteiger charge is -2.18. The van der Waals surface area contributed by atoms with E-state index in [1.807, 2.05) is 0 Å². The van der Waals surface area contributed by atoms with E-state index in [0.717, 1.165) is 135 Å². The Hall–Kier alpha value is -4.97. The molecule has 0 aliphatic carbocycles. The number of hydrogen-bond acceptors (Lipinski definition) is 6. The fraction of sp³-hybridized carbons (Fsp3) is 0.623. The van der Waals surface area contributed by atoms with E-state index in [2.05, 4.69) is 179 Å². The van der Waals surface area contributed by atoms with E-state index in [1.165, 1.54) is 109 Å². The Morgan fingerprint density at radius 1 is 0.253 bits per heavy atom. The van der Waals surface area contributed by atoms with Crippen molar-refractivity contribution in [2.24, 2.45) is 0 Å². The minimum Gasteiger partial charge on any atom is -0.462 e. The van der Waals surface area contributed by atoms with Gasteiger partial charge in [0.25, 0.3) is 0 Å². The fourth-order valence-electron chi connectivity index (χ4n) is 9.02. The first-order valence-electron chi connectivity index (χ1n) is 34.0. The van der Waals surface area contributed by atoms with Crippen LogP contribution in [0.25, 0.3) is 0 Å². The standard InChI is InChI=1S/C77H124O6/c1-4-7-10-13-16-19-22-25-28-30-31-32-33-34-35-36-37-38-39-40-41-42-43-44-45-47-49-52-55-58-61-64-67-70-76(79)82-73-74(72-81-75(78)69-66-63-60-57-54-51-48-27-24-21-18-15-12-9-6-3)83-77(80)71-68-65-62-59-56-53-50-46-29-26-23-20-17-14-11-8-5-2/h7-8,10-11,16-17,19-20,25-26,28-29,31-32,34-35,37-38,40-41,43-44,50,53,59,62,74H,4-6,9,12-15,18,21-24,27,30,33,36,39,42,45-49,51-52,54-58,60-61,63-73H2,1-3H3/b10-7-,11-8-,19-16-,20-17-,28-25-,29-26-,32-31-,35-34-,38-37-,41-40-,44-43-,53-50-,62-59-. The van der Waals surface area contributed by atoms with Crippen LogP contribution in [0.15, 0.2) is 158 Å². The molecule has 0 fully saturated rings. The van der Waals surface area contributed by atoms with E-state index >= 15 is 0 Å². The molecule has 0 amide bonds. The van der Waals surface area contributed by atoms with Gasteiger partial charge in [-0.05, 0) is 122 Å². The number of esters is 3. The van der Waals surface area contributed by atoms with E-state index in [0.29, 0.717) is 19.3 Å². The lowest BCUT2D eigenvalue weighted by Crippen LogP contribution is -2.30. The second kappa shape index (κ2) is 69.5. The number of carbonyl (C=O) groups is 3. The SMILES string of the molecule is CC/C=C\C/C=C\C/C=C\C/C=C\C/C=C\C/C=C\C/C=C\C/C=C\CCCCCCCCCCC(=O)OCC(COC(=O)CCCCCCCCCCCCCCCCC)OC(=O)CCC/C=C\C/C=C\C/C=C\C/C=C\C/C=C\CC. The average Bonchev–Trinajstić information content (AvgIpc) is 3.49. The summed E-state index contributed by atoms with van der Waals surface area (Å²) in [4.78, 5) is 38.3. The molecule has 6 nitrogen and oxygen atoms in total. The van der Waals surface area contributed by atoms with Gasteiger partial charge >= 0.3 is 17.9 Å². The van der Waals surface area contributed by atoms with Crippen LogP contribution in [0.5, 0.6) is 0 Å². The number of rotatable bonds is 60. The van der Waals surface area contributed by atoms with Crippen LogP contribution in [0.1, 0.15) is 290 Å². The van der Waals surface area contributed by atoms with Gasteiger partial charge in [0.05, 0.1) is 0 Å². The molecule has 1 atom stereocenters. The molecule has 0 bridgehead atoms. The molecule has 83 heavy (non-hydrogen) atoms. The third-order valence-corrected chi connectivity index (χ3v) is 14.0. The zero-order chi connectivity index (χ0) is 59.9. The Morgan fingerprint density at radius 2 is 0.482 bits per heavy atom. The molecule has 0 aromatic carbocycles. The monoisotopic (exact) mass is 1140 g/mol. The molecule has 0 aromatic rings. The van der Waals surface area contributed by atoms with Crippen LogP contribution in [-0.4, -0.2) is 37.2 Å². The van der Waals surface area contributed by atoms with Crippen LogP contribution in [0, 0.1) is 0 Å². The minimum absolute atomic E-state index is 0.106. The maximum absolute atomic E-state index is 12.9. The Balaban J connectivity index is 4.37. The first kappa shape index (κ1) is 78.0. The Kier molecular flexibility index (Phi) is 65.4. The molecule has 0 rings (SSSR count). The van der Waals surface area contributed by atoms with Gasteiger partial charge in [-0.25, -0.2) is 0 Å². The molecule has 0 saturated heterocycles. The summed E-state index contributed by atoms with van der Waals surface area (Å²) < 4.78 is 16.9. The lowest BCUT2D eigenvalue weighted by molar-refractivity contribution is -0.167. The molecule has 6 heteroatoms. The molecule has 1 unspecified atom stereocenters. The molecule has 0 saturated carbocycles. The van der Waals surface area contributed by atoms with E-state index in [-0.39, 0.29) is 37.5 Å². The first-order valence-corrected chi connectivity index (χ1v) is 34.0. The van der Waals surface area contributed by atoms with E-state index in [9.17, 15) is 14.4 Å². The van der Waals surface area contributed by atoms with Gasteiger partial charge in [-0.3, -0.25) is 14.4 Å². The normalized spacial score (nSPS) is 13.1. The van der Waals surface area contributed by atoms with Crippen molar-refractivity contribution in [2.45, 2.75) is 297 Å². The maximum Gasteiger partial charge on any atom is 0.306 e. The van der Waals surface area contributed by atoms with Crippen LogP contribution in [0.2, 0.25) is 0 Å². The first-order chi connectivity index (χ1) is 41.0. The summed E-state index contributed by atoms with van der Waals surface area (Å²) in [5.74, 6) is -0.971. The zero-order valence-electron chi connectivity index (χ0n) is 53.7. The summed E-state index contributed by atoms with van der Waals surface area (Å²) in [6.07, 6.45) is 101. The molecule has 0 aliphatic heterocycles. The molecular weight excluding hydrogens is 1020 g/mol. The summed E-state index contributed by atoms with van der Waals surface area (Å²) in [5, 5.41) is 0. The second-order valence-electron chi connectivity index (χ2n) is 22.0. The Bertz CT molecular complexity index is 1840. The van der Waals surface area contributed by atoms with Gasteiger partial charge in [-0.1, -0.05) is 307 Å². The van der Waals surface area contributed by atoms with Crippen LogP contribution in [0.3, 0.4) is 0 Å². The highest BCUT2D eigenvalue weighted by atomic mass is 16.6. The van der Waals surface area contributed by atoms with Crippen molar-refractivity contribution in [2.75, 3.05) is 13.2 Å². The van der Waals surface area contributed by atoms with Gasteiger partial charge in [0.2, 0.25) is 0 Å². The summed E-state index contributed by atoms with van der Waals surface area (Å²) >= 11 is 0. The van der Waals surface area contributed by atoms with Crippen LogP contribution < -0.4 is 0 Å². The molecule has 0 heterocycles. The highest BCUT2D eigenvalue weighted by Crippen LogP contribution is 2.16. The lowest BCUT2D eigenvalue weighted by atomic mass is 10.0. The summed E-state index contributed by atoms with van der Waals surface area (Å²) in [6, 6.07) is 0. The van der Waals surface area contributed by atoms with Gasteiger partial charge in [-0.15, -0.1) is 0 Å². The Labute approximate surface area is 511 Å². The van der Waals surface area contributed by atoms with Crippen LogP contribution >= 0.6 is 0 Å². The smallest absolute Gasteiger partial charge is 0.306 e. The Morgan fingerprint density at radius 3 is 0.771 bits per heavy atom. The number of allylic oxidation sites excluding steroid dienone is 26. The third-order valence-electron chi connectivity index (χ3n) is 14.0. The highest BCUT2D eigenvalue weighted by molar-refractivity contribution is 5.71. The number of unbranched alkanes of at least 4 members (excludes halogenated alkanes) is 23. The van der Waals surface area contributed by atoms with E-state index in [1.54, 1.807) is 0 Å². The van der Waals surface area contributed by atoms with Crippen molar-refractivity contribution in [3.05, 3.63) is 158 Å². The molecular formula is C77H124O6. The second-order valence-corrected chi connectivity index (χ2v) is 22.0. The van der Waals surface area contributed by atoms with Gasteiger partial charge in [0.1, 0.15) is 13.2 Å². The zero-order valence-corrected chi connectivity index (χ0v) is 53.7. The number of carbonyl (C=O) groups excluding carboxylic acids is 3. The van der Waals surface area contributed by atoms with Crippen molar-refractivity contribution in [3.8, 4) is 0 Å². The maximum atomic E-state index is 12.9. The topological polar surface area (TPSA) is 78.9 Å². The quantitative estimate of drug-likeness (QED) is 0.0261. The molecule has 0 spiro atoms. The van der Waals surface area contributed by atoms with Gasteiger partial charge in [0, 0.05) is 19.3 Å². The predicted molar refractivity (Wildman–Crippen MR) is 362 cm³/mol. The average molecular weight is 1150 g/mol. The van der Waals surface area contributed by atoms with Gasteiger partial charge in [0.15, 0.2) is 6.10 Å². The van der Waals surface area contributed by atoms with Crippen molar-refractivity contribution in [3.63, 3.8) is 0 Å². The molecule has 0 aliphatic rings. The predicted octanol–water partition coefficient (Wildman–Crippen LogP) is 23.7. The highest BCUT2D eigenvalue weighted by Gasteiger charge is 2.19. The van der Waals surface area contributed by atoms with E-state index in [4.69, 9.17) is 14.2 Å². The van der Waals surface area contributed by atoms with Gasteiger partial charge < -0.3 is 14.2 Å². The molecule has 0 N–H and O–H groups in total. The summed E-state index contributed by atoms with van der Waals surface area (Å²) in [7, 11) is 0. The minimum atomic E-state index is -0.818. The number of hydrogen-bond donors (Lipinski definition) is 0. The fourth-order valence-corrected chi connectivity index (χ4v) is 9.02. The molecule has 0 aromatic heterocycles. The summed E-state index contributed by atoms with van der Waals surface area (Å²) in [5.41, 5.74) is 0. The van der Waals surface area contributed by atoms with E-state index < -0.39 is 6.10 Å². The van der Waals surface area contributed by atoms with Crippen LogP contribution in [0.4, 0.5) is 0 Å².